The Bertz CT molecular complexity index is 1150. The number of aryl methyl sites for hydroxylation is 1. The molecule has 1 atom stereocenters. The smallest absolute Gasteiger partial charge is 0.300 e. The van der Waals surface area contributed by atoms with Crippen molar-refractivity contribution in [3.8, 4) is 5.75 Å². The average Bonchev–Trinajstić information content (AvgIpc) is 3.05. The van der Waals surface area contributed by atoms with Gasteiger partial charge in [-0.2, -0.15) is 0 Å². The second kappa shape index (κ2) is 7.87. The van der Waals surface area contributed by atoms with Gasteiger partial charge in [-0.1, -0.05) is 60.7 Å². The number of anilines is 1. The molecule has 5 nitrogen and oxygen atoms in total. The zero-order valence-corrected chi connectivity index (χ0v) is 16.7. The number of methoxy groups -OCH3 is 1. The Morgan fingerprint density at radius 1 is 0.933 bits per heavy atom. The van der Waals surface area contributed by atoms with Crippen LogP contribution in [-0.4, -0.2) is 23.9 Å². The molecule has 0 aliphatic carbocycles. The Morgan fingerprint density at radius 2 is 1.63 bits per heavy atom. The van der Waals surface area contributed by atoms with Crippen LogP contribution in [0, 0.1) is 6.92 Å². The first-order chi connectivity index (χ1) is 14.5. The predicted molar refractivity (Wildman–Crippen MR) is 115 cm³/mol. The molecule has 0 saturated carbocycles. The van der Waals surface area contributed by atoms with Crippen molar-refractivity contribution in [2.75, 3.05) is 12.0 Å². The van der Waals surface area contributed by atoms with Crippen molar-refractivity contribution in [2.45, 2.75) is 13.0 Å². The molecule has 5 heteroatoms. The third-order valence-corrected chi connectivity index (χ3v) is 5.28. The van der Waals surface area contributed by atoms with Crippen LogP contribution in [0.4, 0.5) is 5.69 Å². The summed E-state index contributed by atoms with van der Waals surface area (Å²) in [6, 6.07) is 22.6. The normalized spacial score (nSPS) is 17.9. The van der Waals surface area contributed by atoms with Crippen LogP contribution in [-0.2, 0) is 9.59 Å². The molecule has 0 spiro atoms. The summed E-state index contributed by atoms with van der Waals surface area (Å²) >= 11 is 0. The first-order valence-electron chi connectivity index (χ1n) is 9.59. The van der Waals surface area contributed by atoms with Crippen LogP contribution in [0.3, 0.4) is 0 Å². The molecule has 1 aliphatic rings. The Hall–Kier alpha value is -3.86. The molecule has 1 fully saturated rings. The molecule has 3 aromatic carbocycles. The Labute approximate surface area is 174 Å². The van der Waals surface area contributed by atoms with Gasteiger partial charge in [0.25, 0.3) is 11.7 Å². The summed E-state index contributed by atoms with van der Waals surface area (Å²) in [6.07, 6.45) is 0. The molecule has 3 aromatic rings. The predicted octanol–water partition coefficient (Wildman–Crippen LogP) is 4.63. The molecular formula is C25H21NO4. The van der Waals surface area contributed by atoms with E-state index in [2.05, 4.69) is 0 Å². The van der Waals surface area contributed by atoms with E-state index in [4.69, 9.17) is 4.74 Å². The largest absolute Gasteiger partial charge is 0.507 e. The molecule has 1 unspecified atom stereocenters. The van der Waals surface area contributed by atoms with Crippen molar-refractivity contribution in [3.05, 3.63) is 101 Å². The zero-order chi connectivity index (χ0) is 21.3. The van der Waals surface area contributed by atoms with Crippen LogP contribution in [0.1, 0.15) is 22.7 Å². The van der Waals surface area contributed by atoms with E-state index in [1.54, 1.807) is 55.6 Å². The minimum Gasteiger partial charge on any atom is -0.507 e. The van der Waals surface area contributed by atoms with Gasteiger partial charge in [0.15, 0.2) is 0 Å². The molecule has 1 N–H and O–H groups in total. The molecule has 1 aliphatic heterocycles. The monoisotopic (exact) mass is 399 g/mol. The van der Waals surface area contributed by atoms with Crippen molar-refractivity contribution in [2.24, 2.45) is 0 Å². The van der Waals surface area contributed by atoms with Gasteiger partial charge in [0.05, 0.1) is 18.7 Å². The van der Waals surface area contributed by atoms with Gasteiger partial charge >= 0.3 is 0 Å². The fourth-order valence-corrected chi connectivity index (χ4v) is 3.79. The van der Waals surface area contributed by atoms with E-state index in [1.165, 1.54) is 4.90 Å². The SMILES string of the molecule is COc1cccc(C2/C(=C(/O)c3ccccc3)C(=O)C(=O)N2c2ccccc2C)c1. The van der Waals surface area contributed by atoms with E-state index in [9.17, 15) is 14.7 Å². The molecule has 150 valence electrons. The van der Waals surface area contributed by atoms with Crippen LogP contribution < -0.4 is 9.64 Å². The first-order valence-corrected chi connectivity index (χ1v) is 9.59. The second-order valence-corrected chi connectivity index (χ2v) is 7.10. The van der Waals surface area contributed by atoms with Crippen LogP contribution in [0.5, 0.6) is 5.75 Å². The highest BCUT2D eigenvalue weighted by Gasteiger charge is 2.47. The number of aliphatic hydroxyl groups excluding tert-OH is 1. The van der Waals surface area contributed by atoms with Crippen molar-refractivity contribution in [1.29, 1.82) is 0 Å². The summed E-state index contributed by atoms with van der Waals surface area (Å²) < 4.78 is 5.35. The van der Waals surface area contributed by atoms with Crippen LogP contribution in [0.15, 0.2) is 84.4 Å². The number of hydrogen-bond acceptors (Lipinski definition) is 4. The fourth-order valence-electron chi connectivity index (χ4n) is 3.79. The number of amides is 1. The number of carbonyl (C=O) groups is 2. The Balaban J connectivity index is 1.98. The van der Waals surface area contributed by atoms with Crippen molar-refractivity contribution in [1.82, 2.24) is 0 Å². The van der Waals surface area contributed by atoms with Gasteiger partial charge in [-0.15, -0.1) is 0 Å². The van der Waals surface area contributed by atoms with Gasteiger partial charge in [0.1, 0.15) is 11.5 Å². The van der Waals surface area contributed by atoms with Gasteiger partial charge < -0.3 is 9.84 Å². The van der Waals surface area contributed by atoms with Gasteiger partial charge in [0, 0.05) is 11.3 Å². The number of ketones is 1. The van der Waals surface area contributed by atoms with Gasteiger partial charge in [-0.05, 0) is 36.2 Å². The Morgan fingerprint density at radius 3 is 2.33 bits per heavy atom. The molecule has 1 amide bonds. The lowest BCUT2D eigenvalue weighted by Gasteiger charge is -2.27. The third kappa shape index (κ3) is 3.24. The summed E-state index contributed by atoms with van der Waals surface area (Å²) in [5, 5.41) is 11.0. The number of aliphatic hydroxyl groups is 1. The quantitative estimate of drug-likeness (QED) is 0.395. The maximum Gasteiger partial charge on any atom is 0.300 e. The van der Waals surface area contributed by atoms with Gasteiger partial charge in [-0.25, -0.2) is 0 Å². The van der Waals surface area contributed by atoms with Gasteiger partial charge in [-0.3, -0.25) is 14.5 Å². The second-order valence-electron chi connectivity index (χ2n) is 7.10. The van der Waals surface area contributed by atoms with Crippen LogP contribution >= 0.6 is 0 Å². The van der Waals surface area contributed by atoms with Crippen molar-refractivity contribution >= 4 is 23.1 Å². The number of Topliss-reactive ketones (excluding diaryl/α,β-unsaturated/α-hetero) is 1. The molecule has 30 heavy (non-hydrogen) atoms. The number of para-hydroxylation sites is 1. The molecular weight excluding hydrogens is 378 g/mol. The van der Waals surface area contributed by atoms with Gasteiger partial charge in [0.2, 0.25) is 0 Å². The summed E-state index contributed by atoms with van der Waals surface area (Å²) in [5.41, 5.74) is 2.69. The topological polar surface area (TPSA) is 66.8 Å². The van der Waals surface area contributed by atoms with E-state index in [0.29, 0.717) is 22.6 Å². The standard InChI is InChI=1S/C25H21NO4/c1-16-9-6-7-14-20(16)26-22(18-12-8-13-19(15-18)30-2)21(24(28)25(26)29)23(27)17-10-4-3-5-11-17/h3-15,22,27H,1-2H3/b23-21-. The minimum atomic E-state index is -0.776. The van der Waals surface area contributed by atoms with E-state index < -0.39 is 17.7 Å². The summed E-state index contributed by atoms with van der Waals surface area (Å²) in [4.78, 5) is 27.7. The number of rotatable bonds is 4. The number of carbonyl (C=O) groups excluding carboxylic acids is 2. The maximum atomic E-state index is 13.1. The minimum absolute atomic E-state index is 0.0581. The fraction of sp³-hybridized carbons (Fsp3) is 0.120. The average molecular weight is 399 g/mol. The van der Waals surface area contributed by atoms with E-state index in [0.717, 1.165) is 5.56 Å². The number of nitrogens with zero attached hydrogens (tertiary/aromatic N) is 1. The molecule has 1 heterocycles. The summed E-state index contributed by atoms with van der Waals surface area (Å²) in [7, 11) is 1.56. The highest BCUT2D eigenvalue weighted by Crippen LogP contribution is 2.43. The molecule has 0 bridgehead atoms. The highest BCUT2D eigenvalue weighted by atomic mass is 16.5. The van der Waals surface area contributed by atoms with E-state index >= 15 is 0 Å². The van der Waals surface area contributed by atoms with Crippen molar-refractivity contribution < 1.29 is 19.4 Å². The van der Waals surface area contributed by atoms with E-state index in [1.807, 2.05) is 37.3 Å². The molecule has 1 saturated heterocycles. The number of benzene rings is 3. The first kappa shape index (κ1) is 19.5. The van der Waals surface area contributed by atoms with E-state index in [-0.39, 0.29) is 11.3 Å². The number of ether oxygens (including phenoxy) is 1. The summed E-state index contributed by atoms with van der Waals surface area (Å²) in [6.45, 7) is 1.88. The highest BCUT2D eigenvalue weighted by molar-refractivity contribution is 6.51. The molecule has 0 radical (unpaired) electrons. The Kier molecular flexibility index (Phi) is 5.11. The lowest BCUT2D eigenvalue weighted by Crippen LogP contribution is -2.30. The van der Waals surface area contributed by atoms with Crippen molar-refractivity contribution in [3.63, 3.8) is 0 Å². The molecule has 4 rings (SSSR count). The lowest BCUT2D eigenvalue weighted by molar-refractivity contribution is -0.132. The zero-order valence-electron chi connectivity index (χ0n) is 16.7. The van der Waals surface area contributed by atoms with Crippen LogP contribution in [0.25, 0.3) is 5.76 Å². The summed E-state index contributed by atoms with van der Waals surface area (Å²) in [5.74, 6) is -0.984. The lowest BCUT2D eigenvalue weighted by atomic mass is 9.94. The maximum absolute atomic E-state index is 13.1. The molecule has 0 aromatic heterocycles. The number of hydrogen-bond donors (Lipinski definition) is 1. The van der Waals surface area contributed by atoms with Crippen LogP contribution in [0.2, 0.25) is 0 Å². The third-order valence-electron chi connectivity index (χ3n) is 5.28.